The molecular formula is C11H13FO2S. The van der Waals surface area contributed by atoms with Crippen molar-refractivity contribution in [2.75, 3.05) is 6.61 Å². The molecule has 1 aromatic rings. The van der Waals surface area contributed by atoms with Crippen LogP contribution in [0.4, 0.5) is 4.39 Å². The van der Waals surface area contributed by atoms with Gasteiger partial charge in [0.15, 0.2) is 0 Å². The smallest absolute Gasteiger partial charge is 0.319 e. The maximum Gasteiger partial charge on any atom is 0.319 e. The van der Waals surface area contributed by atoms with E-state index in [0.29, 0.717) is 6.61 Å². The lowest BCUT2D eigenvalue weighted by atomic mass is 10.3. The molecule has 1 rings (SSSR count). The topological polar surface area (TPSA) is 26.3 Å². The van der Waals surface area contributed by atoms with Crippen LogP contribution >= 0.6 is 11.8 Å². The second-order valence-electron chi connectivity index (χ2n) is 2.97. The summed E-state index contributed by atoms with van der Waals surface area (Å²) in [6.45, 7) is 3.92. The van der Waals surface area contributed by atoms with Crippen molar-refractivity contribution < 1.29 is 13.9 Å². The molecule has 0 radical (unpaired) electrons. The number of benzene rings is 1. The van der Waals surface area contributed by atoms with Crippen molar-refractivity contribution in [3.63, 3.8) is 0 Å². The van der Waals surface area contributed by atoms with Crippen molar-refractivity contribution in [1.82, 2.24) is 0 Å². The van der Waals surface area contributed by atoms with Gasteiger partial charge in [-0.3, -0.25) is 4.79 Å². The second kappa shape index (κ2) is 5.75. The summed E-state index contributed by atoms with van der Waals surface area (Å²) in [5.41, 5.74) is 0. The molecule has 0 aliphatic rings. The fourth-order valence-electron chi connectivity index (χ4n) is 1.03. The van der Waals surface area contributed by atoms with Gasteiger partial charge >= 0.3 is 5.97 Å². The van der Waals surface area contributed by atoms with E-state index in [4.69, 9.17) is 4.74 Å². The highest BCUT2D eigenvalue weighted by molar-refractivity contribution is 8.00. The largest absolute Gasteiger partial charge is 0.465 e. The Balaban J connectivity index is 2.54. The van der Waals surface area contributed by atoms with Crippen LogP contribution in [0.2, 0.25) is 0 Å². The van der Waals surface area contributed by atoms with Gasteiger partial charge in [0, 0.05) is 4.90 Å². The Morgan fingerprint density at radius 1 is 1.47 bits per heavy atom. The van der Waals surface area contributed by atoms with Crippen LogP contribution in [-0.2, 0) is 9.53 Å². The third-order valence-electron chi connectivity index (χ3n) is 1.75. The Morgan fingerprint density at radius 2 is 2.07 bits per heavy atom. The van der Waals surface area contributed by atoms with Crippen molar-refractivity contribution in [2.45, 2.75) is 24.0 Å². The van der Waals surface area contributed by atoms with E-state index < -0.39 is 0 Å². The van der Waals surface area contributed by atoms with Crippen LogP contribution in [0.3, 0.4) is 0 Å². The molecule has 2 nitrogen and oxygen atoms in total. The first-order valence-electron chi connectivity index (χ1n) is 4.72. The van der Waals surface area contributed by atoms with Crippen molar-refractivity contribution in [3.05, 3.63) is 30.1 Å². The van der Waals surface area contributed by atoms with Crippen molar-refractivity contribution in [3.8, 4) is 0 Å². The molecule has 15 heavy (non-hydrogen) atoms. The number of esters is 1. The SMILES string of the molecule is CCOC(=O)[C@H](C)Sc1ccc(F)cc1. The third-order valence-corrected chi connectivity index (χ3v) is 2.84. The summed E-state index contributed by atoms with van der Waals surface area (Å²) in [5.74, 6) is -0.519. The molecule has 0 aliphatic carbocycles. The van der Waals surface area contributed by atoms with Crippen LogP contribution in [0.15, 0.2) is 29.2 Å². The zero-order chi connectivity index (χ0) is 11.3. The van der Waals surface area contributed by atoms with Crippen molar-refractivity contribution in [1.29, 1.82) is 0 Å². The molecule has 0 amide bonds. The standard InChI is InChI=1S/C11H13FO2S/c1-3-14-11(13)8(2)15-10-6-4-9(12)5-7-10/h4-8H,3H2,1-2H3/t8-/m0/s1. The summed E-state index contributed by atoms with van der Waals surface area (Å²) in [4.78, 5) is 12.2. The molecule has 4 heteroatoms. The first kappa shape index (κ1) is 12.0. The van der Waals surface area contributed by atoms with Gasteiger partial charge in [-0.1, -0.05) is 0 Å². The van der Waals surface area contributed by atoms with Crippen LogP contribution in [0.25, 0.3) is 0 Å². The van der Waals surface area contributed by atoms with E-state index in [2.05, 4.69) is 0 Å². The number of ether oxygens (including phenoxy) is 1. The van der Waals surface area contributed by atoms with Gasteiger partial charge in [-0.15, -0.1) is 11.8 Å². The molecule has 0 N–H and O–H groups in total. The van der Waals surface area contributed by atoms with E-state index in [1.807, 2.05) is 0 Å². The van der Waals surface area contributed by atoms with Crippen LogP contribution < -0.4 is 0 Å². The molecule has 82 valence electrons. The minimum atomic E-state index is -0.275. The molecule has 0 fully saturated rings. The number of carbonyl (C=O) groups is 1. The maximum absolute atomic E-state index is 12.6. The van der Waals surface area contributed by atoms with E-state index in [1.54, 1.807) is 26.0 Å². The monoisotopic (exact) mass is 228 g/mol. The Morgan fingerprint density at radius 3 is 2.60 bits per heavy atom. The van der Waals surface area contributed by atoms with Gasteiger partial charge < -0.3 is 4.74 Å². The first-order valence-corrected chi connectivity index (χ1v) is 5.60. The Hall–Kier alpha value is -1.03. The average Bonchev–Trinajstić information content (AvgIpc) is 2.22. The summed E-state index contributed by atoms with van der Waals surface area (Å²) in [5, 5.41) is -0.268. The lowest BCUT2D eigenvalue weighted by Gasteiger charge is -2.09. The van der Waals surface area contributed by atoms with E-state index >= 15 is 0 Å². The van der Waals surface area contributed by atoms with Crippen LogP contribution in [0, 0.1) is 5.82 Å². The minimum absolute atomic E-state index is 0.244. The summed E-state index contributed by atoms with van der Waals surface area (Å²) in [6.07, 6.45) is 0. The van der Waals surface area contributed by atoms with E-state index in [-0.39, 0.29) is 17.0 Å². The zero-order valence-electron chi connectivity index (χ0n) is 8.70. The normalized spacial score (nSPS) is 12.2. The summed E-state index contributed by atoms with van der Waals surface area (Å²) in [6, 6.07) is 6.05. The predicted molar refractivity (Wildman–Crippen MR) is 58.4 cm³/mol. The lowest BCUT2D eigenvalue weighted by molar-refractivity contribution is -0.142. The quantitative estimate of drug-likeness (QED) is 0.585. The van der Waals surface area contributed by atoms with Crippen LogP contribution in [-0.4, -0.2) is 17.8 Å². The van der Waals surface area contributed by atoms with Gasteiger partial charge in [0.1, 0.15) is 11.1 Å². The van der Waals surface area contributed by atoms with Gasteiger partial charge in [-0.25, -0.2) is 4.39 Å². The summed E-state index contributed by atoms with van der Waals surface area (Å²) < 4.78 is 17.5. The molecule has 1 aromatic carbocycles. The van der Waals surface area contributed by atoms with E-state index in [0.717, 1.165) is 4.90 Å². The Bertz CT molecular complexity index is 324. The molecule has 0 aromatic heterocycles. The highest BCUT2D eigenvalue weighted by Crippen LogP contribution is 2.23. The number of thioether (sulfide) groups is 1. The Kier molecular flexibility index (Phi) is 4.62. The Labute approximate surface area is 92.8 Å². The lowest BCUT2D eigenvalue weighted by Crippen LogP contribution is -2.16. The first-order chi connectivity index (χ1) is 7.13. The summed E-state index contributed by atoms with van der Waals surface area (Å²) in [7, 11) is 0. The van der Waals surface area contributed by atoms with Crippen LogP contribution in [0.5, 0.6) is 0 Å². The third kappa shape index (κ3) is 3.91. The van der Waals surface area contributed by atoms with Crippen molar-refractivity contribution >= 4 is 17.7 Å². The fraction of sp³-hybridized carbons (Fsp3) is 0.364. The highest BCUT2D eigenvalue weighted by Gasteiger charge is 2.14. The van der Waals surface area contributed by atoms with Gasteiger partial charge in [-0.05, 0) is 38.1 Å². The number of hydrogen-bond acceptors (Lipinski definition) is 3. The molecule has 0 saturated heterocycles. The second-order valence-corrected chi connectivity index (χ2v) is 4.38. The minimum Gasteiger partial charge on any atom is -0.465 e. The molecule has 0 aliphatic heterocycles. The maximum atomic E-state index is 12.6. The molecule has 0 saturated carbocycles. The van der Waals surface area contributed by atoms with E-state index in [1.165, 1.54) is 23.9 Å². The van der Waals surface area contributed by atoms with E-state index in [9.17, 15) is 9.18 Å². The molecule has 1 atom stereocenters. The van der Waals surface area contributed by atoms with Gasteiger partial charge in [0.25, 0.3) is 0 Å². The van der Waals surface area contributed by atoms with Gasteiger partial charge in [-0.2, -0.15) is 0 Å². The number of carbonyl (C=O) groups excluding carboxylic acids is 1. The molecule has 0 unspecified atom stereocenters. The van der Waals surface area contributed by atoms with Crippen molar-refractivity contribution in [2.24, 2.45) is 0 Å². The number of hydrogen-bond donors (Lipinski definition) is 0. The number of halogens is 1. The molecule has 0 bridgehead atoms. The van der Waals surface area contributed by atoms with Gasteiger partial charge in [0.2, 0.25) is 0 Å². The van der Waals surface area contributed by atoms with Crippen LogP contribution in [0.1, 0.15) is 13.8 Å². The highest BCUT2D eigenvalue weighted by atomic mass is 32.2. The average molecular weight is 228 g/mol. The fourth-order valence-corrected chi connectivity index (χ4v) is 1.89. The summed E-state index contributed by atoms with van der Waals surface area (Å²) >= 11 is 1.36. The van der Waals surface area contributed by atoms with Gasteiger partial charge in [0.05, 0.1) is 6.61 Å². The molecule has 0 heterocycles. The zero-order valence-corrected chi connectivity index (χ0v) is 9.51. The molecule has 0 spiro atoms. The molecular weight excluding hydrogens is 215 g/mol. The predicted octanol–water partition coefficient (Wildman–Crippen LogP) is 2.87. The number of rotatable bonds is 4.